The minimum Gasteiger partial charge on any atom is -0.481 e. The Balaban J connectivity index is 1.56. The lowest BCUT2D eigenvalue weighted by Crippen LogP contribution is -2.52. The maximum atomic E-state index is 13.3. The number of hydrogen-bond donors (Lipinski definition) is 0. The lowest BCUT2D eigenvalue weighted by molar-refractivity contribution is -0.140. The largest absolute Gasteiger partial charge is 0.481 e. The Morgan fingerprint density at radius 1 is 1.05 bits per heavy atom. The van der Waals surface area contributed by atoms with Crippen molar-refractivity contribution in [3.8, 4) is 5.75 Å². The first-order chi connectivity index (χ1) is 17.9. The molecule has 0 spiro atoms. The molecule has 1 saturated heterocycles. The van der Waals surface area contributed by atoms with Gasteiger partial charge in [0.05, 0.1) is 6.04 Å². The average molecular weight is 504 g/mol. The number of fused-ring (bicyclic) bond motifs is 1. The van der Waals surface area contributed by atoms with E-state index in [0.29, 0.717) is 44.1 Å². The van der Waals surface area contributed by atoms with Crippen molar-refractivity contribution in [2.75, 3.05) is 39.3 Å². The molecule has 0 radical (unpaired) electrons. The molecule has 2 aliphatic heterocycles. The lowest BCUT2D eigenvalue weighted by atomic mass is 9.87. The van der Waals surface area contributed by atoms with Gasteiger partial charge in [-0.2, -0.15) is 0 Å². The highest BCUT2D eigenvalue weighted by molar-refractivity contribution is 5.81. The van der Waals surface area contributed by atoms with Crippen molar-refractivity contribution in [3.63, 3.8) is 0 Å². The van der Waals surface area contributed by atoms with Gasteiger partial charge in [0.15, 0.2) is 6.10 Å². The van der Waals surface area contributed by atoms with Gasteiger partial charge in [0.25, 0.3) is 5.91 Å². The number of hydrogen-bond acceptors (Lipinski definition) is 4. The van der Waals surface area contributed by atoms with Crippen molar-refractivity contribution in [1.82, 2.24) is 14.7 Å². The van der Waals surface area contributed by atoms with Crippen molar-refractivity contribution in [2.24, 2.45) is 5.92 Å². The fourth-order valence-corrected chi connectivity index (χ4v) is 5.41. The van der Waals surface area contributed by atoms with E-state index in [4.69, 9.17) is 4.74 Å². The number of piperazine rings is 1. The maximum Gasteiger partial charge on any atom is 0.263 e. The highest BCUT2D eigenvalue weighted by Gasteiger charge is 2.33. The van der Waals surface area contributed by atoms with Gasteiger partial charge in [0.2, 0.25) is 5.91 Å². The second-order valence-electron chi connectivity index (χ2n) is 10.5. The normalized spacial score (nSPS) is 18.9. The Morgan fingerprint density at radius 3 is 2.43 bits per heavy atom. The van der Waals surface area contributed by atoms with E-state index in [9.17, 15) is 9.59 Å². The summed E-state index contributed by atoms with van der Waals surface area (Å²) < 4.78 is 6.34. The summed E-state index contributed by atoms with van der Waals surface area (Å²) in [5, 5.41) is 0. The second kappa shape index (κ2) is 12.4. The Kier molecular flexibility index (Phi) is 9.04. The summed E-state index contributed by atoms with van der Waals surface area (Å²) >= 11 is 0. The molecule has 198 valence electrons. The lowest BCUT2D eigenvalue weighted by Gasteiger charge is -2.38. The number of nitrogens with zero attached hydrogens (tertiary/aromatic N) is 3. The van der Waals surface area contributed by atoms with Gasteiger partial charge in [0, 0.05) is 45.7 Å². The highest BCUT2D eigenvalue weighted by Crippen LogP contribution is 2.38. The molecule has 2 atom stereocenters. The summed E-state index contributed by atoms with van der Waals surface area (Å²) in [5.41, 5.74) is 3.41. The fraction of sp³-hybridized carbons (Fsp3) is 0.484. The van der Waals surface area contributed by atoms with Crippen LogP contribution in [0.4, 0.5) is 0 Å². The van der Waals surface area contributed by atoms with E-state index in [2.05, 4.69) is 49.6 Å². The van der Waals surface area contributed by atoms with Crippen LogP contribution >= 0.6 is 0 Å². The van der Waals surface area contributed by atoms with Crippen LogP contribution in [-0.2, 0) is 16.0 Å². The molecule has 1 fully saturated rings. The monoisotopic (exact) mass is 503 g/mol. The van der Waals surface area contributed by atoms with Crippen LogP contribution in [0.3, 0.4) is 0 Å². The Bertz CT molecular complexity index is 1080. The van der Waals surface area contributed by atoms with Crippen LogP contribution in [0, 0.1) is 5.92 Å². The first kappa shape index (κ1) is 26.9. The number of amides is 2. The second-order valence-corrected chi connectivity index (χ2v) is 10.5. The zero-order chi connectivity index (χ0) is 26.4. The predicted octanol–water partition coefficient (Wildman–Crippen LogP) is 4.69. The number of rotatable bonds is 9. The molecule has 37 heavy (non-hydrogen) atoms. The van der Waals surface area contributed by atoms with Crippen LogP contribution in [0.5, 0.6) is 5.75 Å². The van der Waals surface area contributed by atoms with Gasteiger partial charge >= 0.3 is 0 Å². The minimum atomic E-state index is -0.526. The maximum absolute atomic E-state index is 13.3. The summed E-state index contributed by atoms with van der Waals surface area (Å²) in [6.07, 6.45) is 3.33. The SMILES string of the molecule is C=CCN1CCN(C(=O)[C@H](CC)Oc2ccc3c(c2)[C@@H](c2ccccc2)N(C(=O)CC(C)C)CC3)CC1. The van der Waals surface area contributed by atoms with Crippen molar-refractivity contribution in [2.45, 2.75) is 52.2 Å². The van der Waals surface area contributed by atoms with Gasteiger partial charge in [-0.1, -0.05) is 63.2 Å². The van der Waals surface area contributed by atoms with Gasteiger partial charge in [-0.25, -0.2) is 0 Å². The molecule has 2 aliphatic rings. The zero-order valence-electron chi connectivity index (χ0n) is 22.6. The Hall–Kier alpha value is -3.12. The smallest absolute Gasteiger partial charge is 0.263 e. The van der Waals surface area contributed by atoms with Crippen molar-refractivity contribution in [3.05, 3.63) is 77.9 Å². The molecule has 0 bridgehead atoms. The van der Waals surface area contributed by atoms with E-state index in [1.165, 1.54) is 5.56 Å². The van der Waals surface area contributed by atoms with Crippen LogP contribution < -0.4 is 4.74 Å². The molecule has 0 unspecified atom stereocenters. The average Bonchev–Trinajstić information content (AvgIpc) is 2.91. The molecular formula is C31H41N3O3. The van der Waals surface area contributed by atoms with E-state index in [1.807, 2.05) is 47.1 Å². The Morgan fingerprint density at radius 2 is 1.78 bits per heavy atom. The summed E-state index contributed by atoms with van der Waals surface area (Å²) in [6.45, 7) is 14.7. The minimum absolute atomic E-state index is 0.0480. The summed E-state index contributed by atoms with van der Waals surface area (Å²) in [7, 11) is 0. The molecule has 2 aromatic carbocycles. The van der Waals surface area contributed by atoms with Gasteiger partial charge in [-0.05, 0) is 47.6 Å². The fourth-order valence-electron chi connectivity index (χ4n) is 5.41. The third-order valence-corrected chi connectivity index (χ3v) is 7.36. The number of carbonyl (C=O) groups is 2. The third-order valence-electron chi connectivity index (χ3n) is 7.36. The van der Waals surface area contributed by atoms with Crippen molar-refractivity contribution < 1.29 is 14.3 Å². The number of carbonyl (C=O) groups excluding carboxylic acids is 2. The van der Waals surface area contributed by atoms with E-state index in [1.54, 1.807) is 0 Å². The molecule has 2 aromatic rings. The standard InChI is InChI=1S/C31H41N3O3/c1-5-15-32-17-19-33(20-18-32)31(36)28(6-2)37-26-13-12-24-14-16-34(29(35)21-23(3)4)30(27(24)22-26)25-10-8-7-9-11-25/h5,7-13,22-23,28,30H,1,6,14-21H2,2-4H3/t28-,30+/m0/s1. The first-order valence-electron chi connectivity index (χ1n) is 13.7. The van der Waals surface area contributed by atoms with Crippen LogP contribution in [0.25, 0.3) is 0 Å². The number of ether oxygens (including phenoxy) is 1. The van der Waals surface area contributed by atoms with E-state index in [-0.39, 0.29) is 17.9 Å². The molecule has 4 rings (SSSR count). The zero-order valence-corrected chi connectivity index (χ0v) is 22.6. The highest BCUT2D eigenvalue weighted by atomic mass is 16.5. The van der Waals surface area contributed by atoms with Gasteiger partial charge in [0.1, 0.15) is 5.75 Å². The van der Waals surface area contributed by atoms with Crippen LogP contribution in [0.15, 0.2) is 61.2 Å². The van der Waals surface area contributed by atoms with Gasteiger partial charge < -0.3 is 14.5 Å². The van der Waals surface area contributed by atoms with E-state index >= 15 is 0 Å². The molecule has 2 heterocycles. The van der Waals surface area contributed by atoms with E-state index < -0.39 is 6.10 Å². The van der Waals surface area contributed by atoms with E-state index in [0.717, 1.165) is 37.2 Å². The topological polar surface area (TPSA) is 53.1 Å². The van der Waals surface area contributed by atoms with Crippen molar-refractivity contribution in [1.29, 1.82) is 0 Å². The Labute approximate surface area is 221 Å². The summed E-state index contributed by atoms with van der Waals surface area (Å²) in [6, 6.07) is 16.2. The predicted molar refractivity (Wildman–Crippen MR) is 148 cm³/mol. The molecule has 0 aromatic heterocycles. The first-order valence-corrected chi connectivity index (χ1v) is 13.7. The van der Waals surface area contributed by atoms with Crippen LogP contribution in [-0.4, -0.2) is 71.9 Å². The summed E-state index contributed by atoms with van der Waals surface area (Å²) in [4.78, 5) is 32.8. The van der Waals surface area contributed by atoms with Gasteiger partial charge in [-0.15, -0.1) is 6.58 Å². The quantitative estimate of drug-likeness (QED) is 0.466. The molecule has 0 saturated carbocycles. The molecule has 2 amide bonds. The van der Waals surface area contributed by atoms with Crippen molar-refractivity contribution >= 4 is 11.8 Å². The molecule has 0 N–H and O–H groups in total. The van der Waals surface area contributed by atoms with Crippen LogP contribution in [0.2, 0.25) is 0 Å². The van der Waals surface area contributed by atoms with Crippen LogP contribution in [0.1, 0.15) is 56.3 Å². The molecule has 6 heteroatoms. The summed E-state index contributed by atoms with van der Waals surface area (Å²) in [5.74, 6) is 1.21. The third kappa shape index (κ3) is 6.42. The molecule has 0 aliphatic carbocycles. The van der Waals surface area contributed by atoms with Gasteiger partial charge in [-0.3, -0.25) is 14.5 Å². The number of benzene rings is 2. The molecule has 6 nitrogen and oxygen atoms in total. The molecular weight excluding hydrogens is 462 g/mol.